The van der Waals surface area contributed by atoms with E-state index in [1.54, 1.807) is 0 Å². The normalized spacial score (nSPS) is 15.1. The first-order chi connectivity index (χ1) is 19.0. The van der Waals surface area contributed by atoms with Gasteiger partial charge in [-0.1, -0.05) is 115 Å². The molecule has 0 aliphatic carbocycles. The first-order valence-electron chi connectivity index (χ1n) is 16.2. The highest BCUT2D eigenvalue weighted by Crippen LogP contribution is 2.13. The van der Waals surface area contributed by atoms with Gasteiger partial charge in [0.05, 0.1) is 18.8 Å². The zero-order valence-corrected chi connectivity index (χ0v) is 25.4. The minimum atomic E-state index is -1.29. The standard InChI is InChI=1S/C33H63NO5/c1-3-5-7-9-11-13-14-15-16-17-18-19-21-22-24-26-30(36)32(38)29(28-35)34-33(39)31(37)27-25-23-20-12-10-8-6-4-2/h19-21,23,29-32,35-38H,3-18,22,24-28H2,1-2H3,(H,34,39)/b21-19+,23-20-. The van der Waals surface area contributed by atoms with Crippen LogP contribution in [0.3, 0.4) is 0 Å². The second kappa shape index (κ2) is 28.3. The Morgan fingerprint density at radius 2 is 1.05 bits per heavy atom. The molecule has 0 aliphatic heterocycles. The predicted octanol–water partition coefficient (Wildman–Crippen LogP) is 6.89. The van der Waals surface area contributed by atoms with Crippen molar-refractivity contribution in [3.63, 3.8) is 0 Å². The van der Waals surface area contributed by atoms with Gasteiger partial charge in [-0.3, -0.25) is 4.79 Å². The molecule has 0 aromatic rings. The van der Waals surface area contributed by atoms with E-state index >= 15 is 0 Å². The van der Waals surface area contributed by atoms with Crippen molar-refractivity contribution in [3.8, 4) is 0 Å². The maximum Gasteiger partial charge on any atom is 0.249 e. The molecule has 1 amide bonds. The summed E-state index contributed by atoms with van der Waals surface area (Å²) in [7, 11) is 0. The summed E-state index contributed by atoms with van der Waals surface area (Å²) in [5.41, 5.74) is 0. The van der Waals surface area contributed by atoms with E-state index in [1.807, 2.05) is 6.08 Å². The molecule has 6 nitrogen and oxygen atoms in total. The summed E-state index contributed by atoms with van der Waals surface area (Å²) in [6.07, 6.45) is 27.9. The molecule has 0 saturated heterocycles. The van der Waals surface area contributed by atoms with Crippen molar-refractivity contribution in [2.75, 3.05) is 6.61 Å². The second-order valence-corrected chi connectivity index (χ2v) is 11.1. The van der Waals surface area contributed by atoms with Crippen LogP contribution in [-0.2, 0) is 4.79 Å². The topological polar surface area (TPSA) is 110 Å². The zero-order valence-electron chi connectivity index (χ0n) is 25.4. The van der Waals surface area contributed by atoms with Gasteiger partial charge >= 0.3 is 0 Å². The molecule has 0 radical (unpaired) electrons. The number of carbonyl (C=O) groups is 1. The summed E-state index contributed by atoms with van der Waals surface area (Å²) in [4.78, 5) is 12.3. The van der Waals surface area contributed by atoms with Crippen LogP contribution in [-0.4, -0.2) is 57.3 Å². The van der Waals surface area contributed by atoms with Gasteiger partial charge in [-0.2, -0.15) is 0 Å². The molecule has 0 aromatic heterocycles. The van der Waals surface area contributed by atoms with Gasteiger partial charge in [0.25, 0.3) is 0 Å². The second-order valence-electron chi connectivity index (χ2n) is 11.1. The molecule has 4 atom stereocenters. The minimum absolute atomic E-state index is 0.277. The molecular formula is C33H63NO5. The molecule has 39 heavy (non-hydrogen) atoms. The lowest BCUT2D eigenvalue weighted by molar-refractivity contribution is -0.132. The third kappa shape index (κ3) is 23.2. The number of aliphatic hydroxyl groups excluding tert-OH is 4. The number of carbonyl (C=O) groups excluding carboxylic acids is 1. The summed E-state index contributed by atoms with van der Waals surface area (Å²) in [5, 5.41) is 43.0. The van der Waals surface area contributed by atoms with Crippen LogP contribution in [0.1, 0.15) is 149 Å². The van der Waals surface area contributed by atoms with Crippen molar-refractivity contribution >= 4 is 5.91 Å². The Hall–Kier alpha value is -1.21. The van der Waals surface area contributed by atoms with Crippen molar-refractivity contribution in [1.29, 1.82) is 0 Å². The van der Waals surface area contributed by atoms with Crippen molar-refractivity contribution in [3.05, 3.63) is 24.3 Å². The van der Waals surface area contributed by atoms with E-state index < -0.39 is 36.9 Å². The summed E-state index contributed by atoms with van der Waals surface area (Å²) >= 11 is 0. The highest BCUT2D eigenvalue weighted by atomic mass is 16.3. The number of aliphatic hydroxyl groups is 4. The van der Waals surface area contributed by atoms with Crippen LogP contribution in [0.15, 0.2) is 24.3 Å². The summed E-state index contributed by atoms with van der Waals surface area (Å²) in [5.74, 6) is -0.633. The first kappa shape index (κ1) is 37.8. The average Bonchev–Trinajstić information content (AvgIpc) is 2.94. The van der Waals surface area contributed by atoms with E-state index in [0.29, 0.717) is 19.3 Å². The average molecular weight is 554 g/mol. The van der Waals surface area contributed by atoms with Gasteiger partial charge in [0, 0.05) is 0 Å². The Kier molecular flexibility index (Phi) is 27.4. The number of allylic oxidation sites excluding steroid dienone is 4. The van der Waals surface area contributed by atoms with E-state index in [-0.39, 0.29) is 6.42 Å². The summed E-state index contributed by atoms with van der Waals surface area (Å²) in [6.45, 7) is 3.93. The molecule has 0 aromatic carbocycles. The molecule has 6 heteroatoms. The minimum Gasteiger partial charge on any atom is -0.394 e. The smallest absolute Gasteiger partial charge is 0.249 e. The van der Waals surface area contributed by atoms with Gasteiger partial charge in [-0.25, -0.2) is 0 Å². The van der Waals surface area contributed by atoms with Gasteiger partial charge in [0.1, 0.15) is 12.2 Å². The number of rotatable bonds is 28. The number of hydrogen-bond acceptors (Lipinski definition) is 5. The third-order valence-electron chi connectivity index (χ3n) is 7.39. The molecule has 0 bridgehead atoms. The van der Waals surface area contributed by atoms with Crippen LogP contribution in [0, 0.1) is 0 Å². The maximum absolute atomic E-state index is 12.3. The number of nitrogens with one attached hydrogen (secondary N) is 1. The van der Waals surface area contributed by atoms with Crippen LogP contribution in [0.25, 0.3) is 0 Å². The largest absolute Gasteiger partial charge is 0.394 e. The van der Waals surface area contributed by atoms with Gasteiger partial charge in [-0.15, -0.1) is 0 Å². The molecule has 0 spiro atoms. The molecule has 230 valence electrons. The highest BCUT2D eigenvalue weighted by Gasteiger charge is 2.28. The van der Waals surface area contributed by atoms with Gasteiger partial charge < -0.3 is 25.7 Å². The van der Waals surface area contributed by atoms with Crippen molar-refractivity contribution in [2.24, 2.45) is 0 Å². The fraction of sp³-hybridized carbons (Fsp3) is 0.848. The summed E-state index contributed by atoms with van der Waals surface area (Å²) < 4.78 is 0. The predicted molar refractivity (Wildman–Crippen MR) is 164 cm³/mol. The van der Waals surface area contributed by atoms with Crippen LogP contribution >= 0.6 is 0 Å². The van der Waals surface area contributed by atoms with Crippen LogP contribution < -0.4 is 5.32 Å². The van der Waals surface area contributed by atoms with E-state index in [9.17, 15) is 25.2 Å². The fourth-order valence-electron chi connectivity index (χ4n) is 4.70. The number of hydrogen-bond donors (Lipinski definition) is 5. The van der Waals surface area contributed by atoms with Crippen LogP contribution in [0.2, 0.25) is 0 Å². The van der Waals surface area contributed by atoms with E-state index in [2.05, 4.69) is 37.4 Å². The zero-order chi connectivity index (χ0) is 29.0. The molecule has 0 aliphatic rings. The Balaban J connectivity index is 3.95. The quantitative estimate of drug-likeness (QED) is 0.0535. The van der Waals surface area contributed by atoms with Crippen LogP contribution in [0.4, 0.5) is 0 Å². The Morgan fingerprint density at radius 3 is 1.56 bits per heavy atom. The molecule has 4 unspecified atom stereocenters. The van der Waals surface area contributed by atoms with Gasteiger partial charge in [0.15, 0.2) is 0 Å². The Bertz CT molecular complexity index is 595. The number of amides is 1. The molecule has 0 rings (SSSR count). The van der Waals surface area contributed by atoms with Crippen LogP contribution in [0.5, 0.6) is 0 Å². The first-order valence-corrected chi connectivity index (χ1v) is 16.2. The Morgan fingerprint density at radius 1 is 0.615 bits per heavy atom. The van der Waals surface area contributed by atoms with E-state index in [0.717, 1.165) is 25.7 Å². The SMILES string of the molecule is CCCCCC/C=C\CCC(O)C(=O)NC(CO)C(O)C(O)CCC/C=C/CCCCCCCCCCCC. The fourth-order valence-corrected chi connectivity index (χ4v) is 4.70. The monoisotopic (exact) mass is 553 g/mol. The van der Waals surface area contributed by atoms with Crippen molar-refractivity contribution in [2.45, 2.75) is 173 Å². The maximum atomic E-state index is 12.3. The van der Waals surface area contributed by atoms with Crippen molar-refractivity contribution in [1.82, 2.24) is 5.32 Å². The van der Waals surface area contributed by atoms with Gasteiger partial charge in [-0.05, 0) is 57.8 Å². The van der Waals surface area contributed by atoms with Crippen molar-refractivity contribution < 1.29 is 25.2 Å². The number of unbranched alkanes of at least 4 members (excludes halogenated alkanes) is 15. The van der Waals surface area contributed by atoms with Gasteiger partial charge in [0.2, 0.25) is 5.91 Å². The Labute approximate surface area is 240 Å². The highest BCUT2D eigenvalue weighted by molar-refractivity contribution is 5.80. The molecule has 0 heterocycles. The lowest BCUT2D eigenvalue weighted by atomic mass is 10.00. The molecule has 0 saturated carbocycles. The van der Waals surface area contributed by atoms with E-state index in [4.69, 9.17) is 0 Å². The lowest BCUT2D eigenvalue weighted by Crippen LogP contribution is -2.53. The summed E-state index contributed by atoms with van der Waals surface area (Å²) in [6, 6.07) is -1.01. The molecule has 5 N–H and O–H groups in total. The molecular weight excluding hydrogens is 490 g/mol. The molecule has 0 fully saturated rings. The lowest BCUT2D eigenvalue weighted by Gasteiger charge is -2.27. The van der Waals surface area contributed by atoms with E-state index in [1.165, 1.54) is 83.5 Å². The third-order valence-corrected chi connectivity index (χ3v) is 7.39.